The van der Waals surface area contributed by atoms with Gasteiger partial charge in [-0.15, -0.1) is 0 Å². The van der Waals surface area contributed by atoms with Gasteiger partial charge in [0.15, 0.2) is 0 Å². The summed E-state index contributed by atoms with van der Waals surface area (Å²) in [7, 11) is 1.67. The van der Waals surface area contributed by atoms with E-state index in [9.17, 15) is 4.79 Å². The molecule has 128 valence electrons. The SMILES string of the molecule is COc1cccc(NC2CCCC(NC(=O)OC(C)(C)C)C2)c1. The zero-order valence-electron chi connectivity index (χ0n) is 14.5. The Morgan fingerprint density at radius 2 is 1.96 bits per heavy atom. The third-order valence-electron chi connectivity index (χ3n) is 3.84. The van der Waals surface area contributed by atoms with Gasteiger partial charge in [-0.1, -0.05) is 6.07 Å². The van der Waals surface area contributed by atoms with Crippen molar-refractivity contribution in [3.8, 4) is 5.75 Å². The number of nitrogens with one attached hydrogen (secondary N) is 2. The van der Waals surface area contributed by atoms with Crippen LogP contribution in [0.15, 0.2) is 24.3 Å². The summed E-state index contributed by atoms with van der Waals surface area (Å²) in [5.74, 6) is 0.842. The van der Waals surface area contributed by atoms with E-state index in [1.54, 1.807) is 7.11 Å². The van der Waals surface area contributed by atoms with Gasteiger partial charge in [0, 0.05) is 23.8 Å². The van der Waals surface area contributed by atoms with E-state index < -0.39 is 5.60 Å². The van der Waals surface area contributed by atoms with E-state index in [-0.39, 0.29) is 12.1 Å². The molecule has 0 heterocycles. The number of hydrogen-bond acceptors (Lipinski definition) is 4. The summed E-state index contributed by atoms with van der Waals surface area (Å²) < 4.78 is 10.6. The number of amides is 1. The predicted octanol–water partition coefficient (Wildman–Crippen LogP) is 3.94. The molecule has 0 aliphatic heterocycles. The van der Waals surface area contributed by atoms with Gasteiger partial charge >= 0.3 is 6.09 Å². The second-order valence-electron chi connectivity index (χ2n) is 7.08. The van der Waals surface area contributed by atoms with Crippen molar-refractivity contribution in [1.82, 2.24) is 5.32 Å². The first-order valence-corrected chi connectivity index (χ1v) is 8.26. The number of alkyl carbamates (subject to hydrolysis) is 1. The number of rotatable bonds is 4. The van der Waals surface area contributed by atoms with Crippen molar-refractivity contribution in [2.24, 2.45) is 0 Å². The average Bonchev–Trinajstić information content (AvgIpc) is 2.45. The first-order valence-electron chi connectivity index (χ1n) is 8.26. The van der Waals surface area contributed by atoms with Crippen LogP contribution in [0.5, 0.6) is 5.75 Å². The minimum Gasteiger partial charge on any atom is -0.497 e. The molecule has 1 amide bonds. The van der Waals surface area contributed by atoms with E-state index in [1.165, 1.54) is 0 Å². The van der Waals surface area contributed by atoms with Gasteiger partial charge in [-0.05, 0) is 58.6 Å². The summed E-state index contributed by atoms with van der Waals surface area (Å²) in [5, 5.41) is 6.52. The molecule has 1 aromatic rings. The lowest BCUT2D eigenvalue weighted by molar-refractivity contribution is 0.0492. The summed E-state index contributed by atoms with van der Waals surface area (Å²) >= 11 is 0. The van der Waals surface area contributed by atoms with E-state index in [4.69, 9.17) is 9.47 Å². The Morgan fingerprint density at radius 3 is 2.65 bits per heavy atom. The minimum atomic E-state index is -0.461. The van der Waals surface area contributed by atoms with Crippen molar-refractivity contribution in [3.63, 3.8) is 0 Å². The highest BCUT2D eigenvalue weighted by molar-refractivity contribution is 5.68. The molecule has 2 rings (SSSR count). The fourth-order valence-corrected chi connectivity index (χ4v) is 2.87. The second kappa shape index (κ2) is 7.57. The lowest BCUT2D eigenvalue weighted by Crippen LogP contribution is -2.43. The maximum Gasteiger partial charge on any atom is 0.407 e. The fourth-order valence-electron chi connectivity index (χ4n) is 2.87. The highest BCUT2D eigenvalue weighted by Crippen LogP contribution is 2.24. The Kier molecular flexibility index (Phi) is 5.74. The normalized spacial score (nSPS) is 21.4. The molecule has 0 aromatic heterocycles. The van der Waals surface area contributed by atoms with Gasteiger partial charge in [-0.3, -0.25) is 0 Å². The Hall–Kier alpha value is -1.91. The van der Waals surface area contributed by atoms with Crippen LogP contribution in [0.3, 0.4) is 0 Å². The first kappa shape index (κ1) is 17.4. The topological polar surface area (TPSA) is 59.6 Å². The number of ether oxygens (including phenoxy) is 2. The number of carbonyl (C=O) groups is 1. The summed E-state index contributed by atoms with van der Waals surface area (Å²) in [5.41, 5.74) is 0.587. The monoisotopic (exact) mass is 320 g/mol. The molecule has 1 aliphatic rings. The maximum absolute atomic E-state index is 11.9. The molecule has 1 fully saturated rings. The zero-order chi connectivity index (χ0) is 16.9. The van der Waals surface area contributed by atoms with E-state index in [1.807, 2.05) is 45.0 Å². The third-order valence-corrected chi connectivity index (χ3v) is 3.84. The molecule has 1 saturated carbocycles. The lowest BCUT2D eigenvalue weighted by atomic mass is 9.91. The van der Waals surface area contributed by atoms with E-state index in [2.05, 4.69) is 10.6 Å². The van der Waals surface area contributed by atoms with Crippen molar-refractivity contribution >= 4 is 11.8 Å². The standard InChI is InChI=1S/C18H28N2O3/c1-18(2,3)23-17(21)20-14-8-5-7-13(11-14)19-15-9-6-10-16(12-15)22-4/h6,9-10,12-14,19H,5,7-8,11H2,1-4H3,(H,20,21). The maximum atomic E-state index is 11.9. The third kappa shape index (κ3) is 6.00. The molecule has 0 radical (unpaired) electrons. The number of methoxy groups -OCH3 is 1. The van der Waals surface area contributed by atoms with E-state index in [0.29, 0.717) is 6.04 Å². The molecule has 0 spiro atoms. The van der Waals surface area contributed by atoms with Crippen LogP contribution < -0.4 is 15.4 Å². The largest absolute Gasteiger partial charge is 0.497 e. The number of benzene rings is 1. The second-order valence-corrected chi connectivity index (χ2v) is 7.08. The molecule has 2 atom stereocenters. The minimum absolute atomic E-state index is 0.154. The van der Waals surface area contributed by atoms with Crippen molar-refractivity contribution in [2.75, 3.05) is 12.4 Å². The van der Waals surface area contributed by atoms with Crippen molar-refractivity contribution in [1.29, 1.82) is 0 Å². The number of hydrogen-bond donors (Lipinski definition) is 2. The van der Waals surface area contributed by atoms with Crippen molar-refractivity contribution < 1.29 is 14.3 Å². The molecular weight excluding hydrogens is 292 g/mol. The molecule has 2 unspecified atom stereocenters. The first-order chi connectivity index (χ1) is 10.9. The fraction of sp³-hybridized carbons (Fsp3) is 0.611. The van der Waals surface area contributed by atoms with Gasteiger partial charge < -0.3 is 20.1 Å². The molecule has 1 aromatic carbocycles. The molecule has 0 bridgehead atoms. The molecular formula is C18H28N2O3. The summed E-state index contributed by atoms with van der Waals surface area (Å²) in [4.78, 5) is 11.9. The van der Waals surface area contributed by atoms with Crippen LogP contribution in [0.2, 0.25) is 0 Å². The summed E-state index contributed by atoms with van der Waals surface area (Å²) in [6.45, 7) is 5.63. The van der Waals surface area contributed by atoms with E-state index in [0.717, 1.165) is 37.1 Å². The van der Waals surface area contributed by atoms with Crippen LogP contribution >= 0.6 is 0 Å². The number of carbonyl (C=O) groups excluding carboxylic acids is 1. The molecule has 5 heteroatoms. The van der Waals surface area contributed by atoms with Crippen LogP contribution in [0.1, 0.15) is 46.5 Å². The highest BCUT2D eigenvalue weighted by atomic mass is 16.6. The zero-order valence-corrected chi connectivity index (χ0v) is 14.5. The quantitative estimate of drug-likeness (QED) is 0.882. The van der Waals surface area contributed by atoms with Crippen molar-refractivity contribution in [2.45, 2.75) is 64.1 Å². The lowest BCUT2D eigenvalue weighted by Gasteiger charge is -2.31. The van der Waals surface area contributed by atoms with Crippen LogP contribution in [0.25, 0.3) is 0 Å². The molecule has 5 nitrogen and oxygen atoms in total. The summed E-state index contributed by atoms with van der Waals surface area (Å²) in [6, 6.07) is 8.43. The van der Waals surface area contributed by atoms with Crippen molar-refractivity contribution in [3.05, 3.63) is 24.3 Å². The van der Waals surface area contributed by atoms with Crippen LogP contribution in [0, 0.1) is 0 Å². The molecule has 0 saturated heterocycles. The Labute approximate surface area is 138 Å². The van der Waals surface area contributed by atoms with Gasteiger partial charge in [0.1, 0.15) is 11.4 Å². The van der Waals surface area contributed by atoms with Gasteiger partial charge in [-0.2, -0.15) is 0 Å². The molecule has 2 N–H and O–H groups in total. The summed E-state index contributed by atoms with van der Waals surface area (Å²) in [6.07, 6.45) is 3.75. The average molecular weight is 320 g/mol. The van der Waals surface area contributed by atoms with Gasteiger partial charge in [0.25, 0.3) is 0 Å². The molecule has 23 heavy (non-hydrogen) atoms. The predicted molar refractivity (Wildman–Crippen MR) is 92.0 cm³/mol. The molecule has 1 aliphatic carbocycles. The Morgan fingerprint density at radius 1 is 1.22 bits per heavy atom. The smallest absolute Gasteiger partial charge is 0.407 e. The van der Waals surface area contributed by atoms with E-state index >= 15 is 0 Å². The van der Waals surface area contributed by atoms with Crippen LogP contribution in [0.4, 0.5) is 10.5 Å². The van der Waals surface area contributed by atoms with Gasteiger partial charge in [-0.25, -0.2) is 4.79 Å². The van der Waals surface area contributed by atoms with Gasteiger partial charge in [0.05, 0.1) is 7.11 Å². The van der Waals surface area contributed by atoms with Gasteiger partial charge in [0.2, 0.25) is 0 Å². The highest BCUT2D eigenvalue weighted by Gasteiger charge is 2.25. The number of anilines is 1. The van der Waals surface area contributed by atoms with Crippen LogP contribution in [-0.4, -0.2) is 30.9 Å². The Balaban J connectivity index is 1.86. The van der Waals surface area contributed by atoms with Crippen LogP contribution in [-0.2, 0) is 4.74 Å². The Bertz CT molecular complexity index is 525.